The highest BCUT2D eigenvalue weighted by Crippen LogP contribution is 2.25. The number of rotatable bonds is 10. The predicted octanol–water partition coefficient (Wildman–Crippen LogP) is 1.31. The molecule has 1 amide bonds. The number of amides is 1. The van der Waals surface area contributed by atoms with E-state index in [4.69, 9.17) is 14.2 Å². The Labute approximate surface area is 223 Å². The van der Waals surface area contributed by atoms with E-state index in [1.165, 1.54) is 40.0 Å². The lowest BCUT2D eigenvalue weighted by Crippen LogP contribution is -2.43. The van der Waals surface area contributed by atoms with Gasteiger partial charge in [-0.2, -0.15) is 8.61 Å². The van der Waals surface area contributed by atoms with Crippen molar-refractivity contribution in [1.29, 1.82) is 0 Å². The van der Waals surface area contributed by atoms with Crippen LogP contribution in [0, 0.1) is 5.92 Å². The Morgan fingerprint density at radius 1 is 0.842 bits per heavy atom. The van der Waals surface area contributed by atoms with Gasteiger partial charge in [0, 0.05) is 32.1 Å². The van der Waals surface area contributed by atoms with Gasteiger partial charge in [-0.25, -0.2) is 16.8 Å². The molecule has 38 heavy (non-hydrogen) atoms. The van der Waals surface area contributed by atoms with Crippen molar-refractivity contribution in [2.45, 2.75) is 22.6 Å². The van der Waals surface area contributed by atoms with Crippen molar-refractivity contribution in [2.75, 3.05) is 59.7 Å². The molecule has 2 aliphatic heterocycles. The highest BCUT2D eigenvalue weighted by molar-refractivity contribution is 7.89. The minimum atomic E-state index is -3.63. The van der Waals surface area contributed by atoms with Crippen LogP contribution >= 0.6 is 0 Å². The van der Waals surface area contributed by atoms with Gasteiger partial charge in [0.15, 0.2) is 0 Å². The van der Waals surface area contributed by atoms with Crippen LogP contribution in [0.2, 0.25) is 0 Å². The zero-order valence-corrected chi connectivity index (χ0v) is 22.9. The maximum absolute atomic E-state index is 12.9. The molecular formula is C25H33N3O8S2. The first-order chi connectivity index (χ1) is 18.2. The number of morpholine rings is 1. The normalized spacial score (nSPS) is 18.1. The van der Waals surface area contributed by atoms with Crippen LogP contribution < -0.4 is 14.8 Å². The van der Waals surface area contributed by atoms with E-state index >= 15 is 0 Å². The van der Waals surface area contributed by atoms with Crippen LogP contribution in [-0.4, -0.2) is 91.0 Å². The lowest BCUT2D eigenvalue weighted by molar-refractivity contribution is -0.126. The molecule has 208 valence electrons. The van der Waals surface area contributed by atoms with Crippen molar-refractivity contribution < 1.29 is 35.8 Å². The van der Waals surface area contributed by atoms with E-state index in [0.29, 0.717) is 50.6 Å². The smallest absolute Gasteiger partial charge is 0.243 e. The third kappa shape index (κ3) is 6.64. The molecule has 0 aromatic heterocycles. The number of nitrogens with one attached hydrogen (secondary N) is 1. The SMILES string of the molecule is COc1ccc(S(=O)(=O)N2CCC(C(=O)NCCOc3ccc(S(=O)(=O)N4CCOCC4)cc3)CC2)cc1. The quantitative estimate of drug-likeness (QED) is 0.425. The van der Waals surface area contributed by atoms with Gasteiger partial charge in [-0.15, -0.1) is 0 Å². The van der Waals surface area contributed by atoms with Crippen LogP contribution in [0.1, 0.15) is 12.8 Å². The average molecular weight is 568 g/mol. The number of benzene rings is 2. The Morgan fingerprint density at radius 2 is 1.34 bits per heavy atom. The lowest BCUT2D eigenvalue weighted by atomic mass is 9.97. The minimum absolute atomic E-state index is 0.137. The summed E-state index contributed by atoms with van der Waals surface area (Å²) in [6.07, 6.45) is 0.863. The molecule has 2 saturated heterocycles. The van der Waals surface area contributed by atoms with E-state index in [9.17, 15) is 21.6 Å². The van der Waals surface area contributed by atoms with Gasteiger partial charge in [-0.1, -0.05) is 0 Å². The number of sulfonamides is 2. The van der Waals surface area contributed by atoms with Crippen LogP contribution in [0.3, 0.4) is 0 Å². The van der Waals surface area contributed by atoms with Gasteiger partial charge in [0.2, 0.25) is 26.0 Å². The van der Waals surface area contributed by atoms with Crippen LogP contribution in [-0.2, 0) is 29.6 Å². The number of ether oxygens (including phenoxy) is 3. The summed E-state index contributed by atoms with van der Waals surface area (Å²) < 4.78 is 69.9. The van der Waals surface area contributed by atoms with Gasteiger partial charge in [0.1, 0.15) is 18.1 Å². The minimum Gasteiger partial charge on any atom is -0.497 e. The number of hydrogen-bond acceptors (Lipinski definition) is 8. The zero-order chi connectivity index (χ0) is 27.2. The van der Waals surface area contributed by atoms with E-state index in [2.05, 4.69) is 5.32 Å². The molecule has 2 aromatic rings. The highest BCUT2D eigenvalue weighted by atomic mass is 32.2. The molecule has 0 unspecified atom stereocenters. The molecule has 0 bridgehead atoms. The van der Waals surface area contributed by atoms with Gasteiger partial charge in [-0.05, 0) is 61.4 Å². The first-order valence-corrected chi connectivity index (χ1v) is 15.3. The average Bonchev–Trinajstić information content (AvgIpc) is 2.96. The number of hydrogen-bond donors (Lipinski definition) is 1. The number of nitrogens with zero attached hydrogens (tertiary/aromatic N) is 2. The Balaban J connectivity index is 1.19. The Kier molecular flexibility index (Phi) is 9.26. The summed E-state index contributed by atoms with van der Waals surface area (Å²) in [7, 11) is -5.67. The first-order valence-electron chi connectivity index (χ1n) is 12.4. The molecule has 0 atom stereocenters. The molecule has 2 aliphatic rings. The van der Waals surface area contributed by atoms with Crippen molar-refractivity contribution in [3.63, 3.8) is 0 Å². The molecule has 1 N–H and O–H groups in total. The summed E-state index contributed by atoms with van der Waals surface area (Å²) in [5.41, 5.74) is 0. The number of piperidine rings is 1. The summed E-state index contributed by atoms with van der Waals surface area (Å²) in [6.45, 7) is 2.45. The van der Waals surface area contributed by atoms with E-state index in [-0.39, 0.29) is 47.9 Å². The van der Waals surface area contributed by atoms with E-state index in [1.54, 1.807) is 24.3 Å². The summed E-state index contributed by atoms with van der Waals surface area (Å²) in [6, 6.07) is 12.4. The Morgan fingerprint density at radius 3 is 1.87 bits per heavy atom. The molecule has 2 heterocycles. The number of carbonyl (C=O) groups excluding carboxylic acids is 1. The topological polar surface area (TPSA) is 132 Å². The van der Waals surface area contributed by atoms with Crippen molar-refractivity contribution >= 4 is 26.0 Å². The Hall–Kier alpha value is -2.71. The van der Waals surface area contributed by atoms with Crippen molar-refractivity contribution in [3.05, 3.63) is 48.5 Å². The van der Waals surface area contributed by atoms with E-state index in [0.717, 1.165) is 0 Å². The van der Waals surface area contributed by atoms with Gasteiger partial charge in [0.25, 0.3) is 0 Å². The largest absolute Gasteiger partial charge is 0.497 e. The van der Waals surface area contributed by atoms with Crippen LogP contribution in [0.25, 0.3) is 0 Å². The molecule has 0 saturated carbocycles. The highest BCUT2D eigenvalue weighted by Gasteiger charge is 2.32. The van der Waals surface area contributed by atoms with E-state index in [1.807, 2.05) is 0 Å². The molecule has 2 fully saturated rings. The summed E-state index contributed by atoms with van der Waals surface area (Å²) >= 11 is 0. The lowest BCUT2D eigenvalue weighted by Gasteiger charge is -2.30. The second-order valence-electron chi connectivity index (χ2n) is 8.98. The molecule has 0 aliphatic carbocycles. The van der Waals surface area contributed by atoms with Crippen LogP contribution in [0.4, 0.5) is 0 Å². The van der Waals surface area contributed by atoms with Crippen molar-refractivity contribution in [2.24, 2.45) is 5.92 Å². The molecule has 2 aromatic carbocycles. The molecule has 0 radical (unpaired) electrons. The molecule has 11 nitrogen and oxygen atoms in total. The Bertz CT molecular complexity index is 1290. The van der Waals surface area contributed by atoms with Crippen molar-refractivity contribution in [1.82, 2.24) is 13.9 Å². The summed E-state index contributed by atoms with van der Waals surface area (Å²) in [5, 5.41) is 2.84. The fraction of sp³-hybridized carbons (Fsp3) is 0.480. The monoisotopic (exact) mass is 567 g/mol. The van der Waals surface area contributed by atoms with Crippen molar-refractivity contribution in [3.8, 4) is 11.5 Å². The predicted molar refractivity (Wildman–Crippen MR) is 139 cm³/mol. The fourth-order valence-electron chi connectivity index (χ4n) is 4.39. The summed E-state index contributed by atoms with van der Waals surface area (Å²) in [5.74, 6) is 0.665. The standard InChI is InChI=1S/C25H33N3O8S2/c1-34-21-2-6-23(7-3-21)37(30,31)27-13-10-20(11-14-27)25(29)26-12-17-36-22-4-8-24(9-5-22)38(32,33)28-15-18-35-19-16-28/h2-9,20H,10-19H2,1H3,(H,26,29). The maximum Gasteiger partial charge on any atom is 0.243 e. The maximum atomic E-state index is 12.9. The third-order valence-corrected chi connectivity index (χ3v) is 10.4. The van der Waals surface area contributed by atoms with Gasteiger partial charge >= 0.3 is 0 Å². The second-order valence-corrected chi connectivity index (χ2v) is 12.9. The van der Waals surface area contributed by atoms with Gasteiger partial charge in [-0.3, -0.25) is 4.79 Å². The molecule has 13 heteroatoms. The van der Waals surface area contributed by atoms with Gasteiger partial charge < -0.3 is 19.5 Å². The van der Waals surface area contributed by atoms with E-state index < -0.39 is 20.0 Å². The fourth-order valence-corrected chi connectivity index (χ4v) is 7.26. The molecule has 4 rings (SSSR count). The first kappa shape index (κ1) is 28.3. The summed E-state index contributed by atoms with van der Waals surface area (Å²) in [4.78, 5) is 13.0. The third-order valence-electron chi connectivity index (χ3n) is 6.62. The van der Waals surface area contributed by atoms with Crippen LogP contribution in [0.5, 0.6) is 11.5 Å². The zero-order valence-electron chi connectivity index (χ0n) is 21.2. The molecular weight excluding hydrogens is 534 g/mol. The number of methoxy groups -OCH3 is 1. The van der Waals surface area contributed by atoms with Gasteiger partial charge in [0.05, 0.1) is 36.7 Å². The molecule has 0 spiro atoms. The van der Waals surface area contributed by atoms with Crippen LogP contribution in [0.15, 0.2) is 58.3 Å². The number of carbonyl (C=O) groups is 1. The second kappa shape index (κ2) is 12.4.